The van der Waals surface area contributed by atoms with E-state index >= 15 is 0 Å². The normalized spacial score (nSPS) is 36.7. The summed E-state index contributed by atoms with van der Waals surface area (Å²) >= 11 is 0. The van der Waals surface area contributed by atoms with Crippen LogP contribution in [0.25, 0.3) is 0 Å². The lowest BCUT2D eigenvalue weighted by molar-refractivity contribution is -0.259. The van der Waals surface area contributed by atoms with Gasteiger partial charge >= 0.3 is 0 Å². The van der Waals surface area contributed by atoms with Gasteiger partial charge in [-0.1, -0.05) is 0 Å². The SMILES string of the molecule is [B][C@@H]1O[C@H](COC(C)C)[C@H](OP(=O)([O-])OC[C@H]2O[C@@H]([B])C[C@H]2OC(C)C)C1(O)O. The highest BCUT2D eigenvalue weighted by atomic mass is 31.2. The van der Waals surface area contributed by atoms with Crippen molar-refractivity contribution >= 4 is 23.5 Å². The fourth-order valence-corrected chi connectivity index (χ4v) is 4.04. The molecule has 0 aliphatic carbocycles. The van der Waals surface area contributed by atoms with E-state index in [4.69, 9.17) is 43.7 Å². The van der Waals surface area contributed by atoms with Crippen LogP contribution in [0.5, 0.6) is 0 Å². The highest BCUT2D eigenvalue weighted by molar-refractivity contribution is 7.45. The van der Waals surface area contributed by atoms with E-state index in [0.29, 0.717) is 6.42 Å². The van der Waals surface area contributed by atoms with E-state index < -0.39 is 56.6 Å². The highest BCUT2D eigenvalue weighted by Gasteiger charge is 2.55. The molecule has 164 valence electrons. The molecule has 0 aromatic rings. The van der Waals surface area contributed by atoms with E-state index in [0.717, 1.165) is 0 Å². The standard InChI is InChI=1S/C16H29B2O10P/c1-8(2)23-6-12-14(16(19,20)15(18)27-12)28-29(21,22)24-7-11-10(25-9(3)4)5-13(17)26-11/h8-15,19-20H,5-7H2,1-4H3,(H,21,22)/p-1/t10-,11-,12-,13-,14+,15-/m1/s1. The summed E-state index contributed by atoms with van der Waals surface area (Å²) in [5, 5.41) is 20.3. The molecule has 0 bridgehead atoms. The van der Waals surface area contributed by atoms with Crippen LogP contribution in [-0.2, 0) is 32.6 Å². The zero-order chi connectivity index (χ0) is 22.0. The molecule has 0 saturated carbocycles. The predicted octanol–water partition coefficient (Wildman–Crippen LogP) is -1.07. The van der Waals surface area contributed by atoms with Crippen molar-refractivity contribution in [3.63, 3.8) is 0 Å². The van der Waals surface area contributed by atoms with Gasteiger partial charge in [-0.3, -0.25) is 4.57 Å². The molecule has 2 aliphatic heterocycles. The average molecular weight is 433 g/mol. The Bertz CT molecular complexity index is 578. The summed E-state index contributed by atoms with van der Waals surface area (Å²) in [7, 11) is 6.27. The van der Waals surface area contributed by atoms with Gasteiger partial charge in [0.2, 0.25) is 5.79 Å². The molecule has 0 spiro atoms. The highest BCUT2D eigenvalue weighted by Crippen LogP contribution is 2.46. The van der Waals surface area contributed by atoms with Crippen molar-refractivity contribution in [2.75, 3.05) is 13.2 Å². The molecule has 2 N–H and O–H groups in total. The number of aliphatic hydroxyl groups is 2. The van der Waals surface area contributed by atoms with Crippen molar-refractivity contribution < 1.29 is 47.7 Å². The van der Waals surface area contributed by atoms with Crippen molar-refractivity contribution in [2.24, 2.45) is 0 Å². The number of ether oxygens (including phenoxy) is 4. The Morgan fingerprint density at radius 1 is 1.14 bits per heavy atom. The molecule has 0 aromatic heterocycles. The van der Waals surface area contributed by atoms with Gasteiger partial charge in [0, 0.05) is 6.00 Å². The van der Waals surface area contributed by atoms with E-state index in [1.54, 1.807) is 13.8 Å². The summed E-state index contributed by atoms with van der Waals surface area (Å²) in [5.74, 6) is -2.76. The molecule has 13 heteroatoms. The van der Waals surface area contributed by atoms with Gasteiger partial charge < -0.3 is 43.1 Å². The molecule has 2 aliphatic rings. The van der Waals surface area contributed by atoms with Crippen LogP contribution in [0.1, 0.15) is 34.1 Å². The molecule has 2 heterocycles. The van der Waals surface area contributed by atoms with Crippen molar-refractivity contribution in [1.82, 2.24) is 0 Å². The lowest BCUT2D eigenvalue weighted by Gasteiger charge is -2.34. The summed E-state index contributed by atoms with van der Waals surface area (Å²) in [6.07, 6.45) is -4.00. The number of hydrogen-bond donors (Lipinski definition) is 2. The predicted molar refractivity (Wildman–Crippen MR) is 100 cm³/mol. The van der Waals surface area contributed by atoms with Crippen LogP contribution in [0, 0.1) is 0 Å². The Morgan fingerprint density at radius 2 is 1.79 bits per heavy atom. The van der Waals surface area contributed by atoms with E-state index in [1.165, 1.54) is 0 Å². The third-order valence-electron chi connectivity index (χ3n) is 4.41. The van der Waals surface area contributed by atoms with Gasteiger partial charge in [-0.05, 0) is 34.1 Å². The van der Waals surface area contributed by atoms with Crippen molar-refractivity contribution in [3.05, 3.63) is 0 Å². The first-order valence-corrected chi connectivity index (χ1v) is 11.0. The zero-order valence-electron chi connectivity index (χ0n) is 17.0. The first-order chi connectivity index (χ1) is 13.3. The maximum absolute atomic E-state index is 12.3. The minimum Gasteiger partial charge on any atom is -0.756 e. The second kappa shape index (κ2) is 10.1. The smallest absolute Gasteiger partial charge is 0.268 e. The van der Waals surface area contributed by atoms with E-state index in [-0.39, 0.29) is 18.8 Å². The topological polar surface area (TPSA) is 136 Å². The van der Waals surface area contributed by atoms with Gasteiger partial charge in [-0.25, -0.2) is 0 Å². The molecule has 29 heavy (non-hydrogen) atoms. The lowest BCUT2D eigenvalue weighted by Crippen LogP contribution is -2.50. The van der Waals surface area contributed by atoms with E-state index in [9.17, 15) is 19.7 Å². The van der Waals surface area contributed by atoms with E-state index in [1.807, 2.05) is 13.8 Å². The van der Waals surface area contributed by atoms with Crippen LogP contribution in [0.3, 0.4) is 0 Å². The van der Waals surface area contributed by atoms with Gasteiger partial charge in [-0.15, -0.1) is 0 Å². The third-order valence-corrected chi connectivity index (χ3v) is 5.36. The van der Waals surface area contributed by atoms with Gasteiger partial charge in [0.05, 0.1) is 37.5 Å². The molecule has 0 aromatic carbocycles. The molecule has 10 nitrogen and oxygen atoms in total. The lowest BCUT2D eigenvalue weighted by atomic mass is 9.90. The molecule has 1 unspecified atom stereocenters. The van der Waals surface area contributed by atoms with E-state index in [2.05, 4.69) is 0 Å². The molecule has 7 atom stereocenters. The summed E-state index contributed by atoms with van der Waals surface area (Å²) in [4.78, 5) is 12.3. The molecular weight excluding hydrogens is 405 g/mol. The van der Waals surface area contributed by atoms with Crippen LogP contribution < -0.4 is 4.89 Å². The fourth-order valence-electron chi connectivity index (χ4n) is 3.08. The average Bonchev–Trinajstić information content (AvgIpc) is 3.02. The Labute approximate surface area is 173 Å². The van der Waals surface area contributed by atoms with Crippen LogP contribution in [0.15, 0.2) is 0 Å². The fraction of sp³-hybridized carbons (Fsp3) is 1.00. The minimum atomic E-state index is -5.00. The first kappa shape index (κ1) is 25.3. The number of phosphoric acid groups is 1. The Hall–Kier alpha value is -0.000130. The van der Waals surface area contributed by atoms with Crippen molar-refractivity contribution in [2.45, 2.75) is 88.5 Å². The van der Waals surface area contributed by atoms with Crippen molar-refractivity contribution in [3.8, 4) is 0 Å². The van der Waals surface area contributed by atoms with Crippen LogP contribution in [-0.4, -0.2) is 93.5 Å². The van der Waals surface area contributed by atoms with Gasteiger partial charge in [0.15, 0.2) is 0 Å². The monoisotopic (exact) mass is 433 g/mol. The number of phosphoric ester groups is 1. The Balaban J connectivity index is 1.99. The molecule has 4 radical (unpaired) electrons. The zero-order valence-corrected chi connectivity index (χ0v) is 17.9. The van der Waals surface area contributed by atoms with Crippen LogP contribution >= 0.6 is 7.82 Å². The second-order valence-corrected chi connectivity index (χ2v) is 9.06. The molecule has 0 amide bonds. The van der Waals surface area contributed by atoms with Gasteiger partial charge in [0.25, 0.3) is 7.82 Å². The largest absolute Gasteiger partial charge is 0.756 e. The summed E-state index contributed by atoms with van der Waals surface area (Å²) in [5.41, 5.74) is 0. The third kappa shape index (κ3) is 7.00. The van der Waals surface area contributed by atoms with Gasteiger partial charge in [-0.2, -0.15) is 0 Å². The van der Waals surface area contributed by atoms with Crippen LogP contribution in [0.4, 0.5) is 0 Å². The maximum Gasteiger partial charge on any atom is 0.268 e. The van der Waals surface area contributed by atoms with Crippen molar-refractivity contribution in [1.29, 1.82) is 0 Å². The first-order valence-electron chi connectivity index (χ1n) is 9.49. The molecule has 2 rings (SSSR count). The summed E-state index contributed by atoms with van der Waals surface area (Å²) < 4.78 is 43.8. The Kier molecular flexibility index (Phi) is 8.78. The number of hydrogen-bond acceptors (Lipinski definition) is 10. The van der Waals surface area contributed by atoms with Gasteiger partial charge in [0.1, 0.15) is 34.0 Å². The quantitative estimate of drug-likeness (QED) is 0.249. The Morgan fingerprint density at radius 3 is 2.38 bits per heavy atom. The second-order valence-electron chi connectivity index (χ2n) is 7.70. The van der Waals surface area contributed by atoms with Crippen LogP contribution in [0.2, 0.25) is 0 Å². The molecular formula is C16H28B2O10P-. The molecule has 2 saturated heterocycles. The summed E-state index contributed by atoms with van der Waals surface area (Å²) in [6.45, 7) is 6.58. The number of rotatable bonds is 10. The molecule has 2 fully saturated rings. The maximum atomic E-state index is 12.3. The summed E-state index contributed by atoms with van der Waals surface area (Å²) in [6, 6.07) is -2.20. The minimum absolute atomic E-state index is 0.116.